The zero-order chi connectivity index (χ0) is 25.4. The molecule has 0 atom stereocenters. The smallest absolute Gasteiger partial charge is 0.416 e. The van der Waals surface area contributed by atoms with Crippen molar-refractivity contribution in [2.24, 2.45) is 5.92 Å². The highest BCUT2D eigenvalue weighted by Crippen LogP contribution is 2.33. The van der Waals surface area contributed by atoms with Crippen molar-refractivity contribution in [3.05, 3.63) is 29.3 Å². The number of carbonyl (C=O) groups excluding carboxylic acids is 3. The van der Waals surface area contributed by atoms with Gasteiger partial charge in [0, 0.05) is 30.9 Å². The van der Waals surface area contributed by atoms with Crippen molar-refractivity contribution in [2.45, 2.75) is 52.8 Å². The van der Waals surface area contributed by atoms with Gasteiger partial charge in [-0.3, -0.25) is 9.59 Å². The first kappa shape index (κ1) is 28.5. The zero-order valence-electron chi connectivity index (χ0n) is 19.4. The van der Waals surface area contributed by atoms with Crippen LogP contribution in [0, 0.1) is 5.92 Å². The fourth-order valence-corrected chi connectivity index (χ4v) is 2.82. The first-order valence-electron chi connectivity index (χ1n) is 10.5. The Bertz CT molecular complexity index is 839. The van der Waals surface area contributed by atoms with Gasteiger partial charge in [-0.1, -0.05) is 13.8 Å². The Morgan fingerprint density at radius 2 is 1.67 bits per heavy atom. The maximum absolute atomic E-state index is 13.5. The van der Waals surface area contributed by atoms with E-state index in [-0.39, 0.29) is 36.8 Å². The minimum atomic E-state index is -4.73. The Balaban J connectivity index is 3.04. The molecule has 3 amide bonds. The standard InChI is InChI=1S/C22H31ClF3N3O4/c1-14(2)6-9-29(18(30)13-23)17-11-15(10-16(12-17)22(24,25)26)19(31)27-7-8-28-20(32)33-21(3,4)5/h10-12,14H,6-9,13H2,1-5H3,(H,27,31)(H,28,32). The van der Waals surface area contributed by atoms with E-state index in [0.29, 0.717) is 12.5 Å². The maximum Gasteiger partial charge on any atom is 0.416 e. The highest BCUT2D eigenvalue weighted by atomic mass is 35.5. The summed E-state index contributed by atoms with van der Waals surface area (Å²) in [5.41, 5.74) is -2.08. The van der Waals surface area contributed by atoms with Gasteiger partial charge < -0.3 is 20.3 Å². The van der Waals surface area contributed by atoms with Crippen molar-refractivity contribution in [3.63, 3.8) is 0 Å². The summed E-state index contributed by atoms with van der Waals surface area (Å²) in [5, 5.41) is 4.89. The van der Waals surface area contributed by atoms with Gasteiger partial charge in [-0.15, -0.1) is 11.6 Å². The van der Waals surface area contributed by atoms with E-state index in [1.807, 2.05) is 13.8 Å². The summed E-state index contributed by atoms with van der Waals surface area (Å²) in [6, 6.07) is 2.76. The third-order valence-corrected chi connectivity index (χ3v) is 4.47. The van der Waals surface area contributed by atoms with Crippen LogP contribution in [0.2, 0.25) is 0 Å². The molecule has 0 heterocycles. The number of ether oxygens (including phenoxy) is 1. The van der Waals surface area contributed by atoms with Crippen LogP contribution in [0.3, 0.4) is 0 Å². The predicted molar refractivity (Wildman–Crippen MR) is 121 cm³/mol. The van der Waals surface area contributed by atoms with E-state index in [0.717, 1.165) is 11.0 Å². The van der Waals surface area contributed by atoms with Crippen molar-refractivity contribution in [3.8, 4) is 0 Å². The van der Waals surface area contributed by atoms with E-state index >= 15 is 0 Å². The van der Waals surface area contributed by atoms with Crippen LogP contribution in [-0.2, 0) is 15.7 Å². The Morgan fingerprint density at radius 1 is 1.06 bits per heavy atom. The van der Waals surface area contributed by atoms with E-state index < -0.39 is 41.1 Å². The number of hydrogen-bond acceptors (Lipinski definition) is 4. The number of anilines is 1. The molecule has 0 aromatic heterocycles. The Labute approximate surface area is 197 Å². The molecule has 2 N–H and O–H groups in total. The van der Waals surface area contributed by atoms with Crippen LogP contribution in [0.25, 0.3) is 0 Å². The number of carbonyl (C=O) groups is 3. The van der Waals surface area contributed by atoms with Crippen LogP contribution in [0.5, 0.6) is 0 Å². The predicted octanol–water partition coefficient (Wildman–Crippen LogP) is 4.58. The number of halogens is 4. The second kappa shape index (κ2) is 12.1. The molecule has 0 fully saturated rings. The number of rotatable bonds is 9. The summed E-state index contributed by atoms with van der Waals surface area (Å²) >= 11 is 5.66. The summed E-state index contributed by atoms with van der Waals surface area (Å²) in [6.45, 7) is 9.04. The van der Waals surface area contributed by atoms with E-state index in [4.69, 9.17) is 16.3 Å². The summed E-state index contributed by atoms with van der Waals surface area (Å²) < 4.78 is 45.5. The highest BCUT2D eigenvalue weighted by molar-refractivity contribution is 6.29. The third kappa shape index (κ3) is 10.3. The topological polar surface area (TPSA) is 87.7 Å². The molecule has 0 aliphatic rings. The van der Waals surface area contributed by atoms with Gasteiger partial charge in [0.05, 0.1) is 5.56 Å². The molecule has 0 saturated heterocycles. The van der Waals surface area contributed by atoms with Crippen molar-refractivity contribution in [2.75, 3.05) is 30.4 Å². The van der Waals surface area contributed by atoms with E-state index in [1.165, 1.54) is 6.07 Å². The lowest BCUT2D eigenvalue weighted by atomic mass is 10.1. The maximum atomic E-state index is 13.5. The molecule has 186 valence electrons. The molecule has 33 heavy (non-hydrogen) atoms. The molecule has 0 aliphatic heterocycles. The molecule has 0 aliphatic carbocycles. The first-order chi connectivity index (χ1) is 15.1. The number of nitrogens with zero attached hydrogens (tertiary/aromatic N) is 1. The molecule has 1 rings (SSSR count). The van der Waals surface area contributed by atoms with Gasteiger partial charge >= 0.3 is 12.3 Å². The molecular formula is C22H31ClF3N3O4. The fraction of sp³-hybridized carbons (Fsp3) is 0.591. The second-order valence-electron chi connectivity index (χ2n) is 8.81. The number of nitrogens with one attached hydrogen (secondary N) is 2. The summed E-state index contributed by atoms with van der Waals surface area (Å²) in [6.07, 6.45) is -4.87. The van der Waals surface area contributed by atoms with Gasteiger partial charge in [0.25, 0.3) is 5.91 Å². The lowest BCUT2D eigenvalue weighted by molar-refractivity contribution is -0.137. The number of amides is 3. The largest absolute Gasteiger partial charge is 0.444 e. The average Bonchev–Trinajstić information content (AvgIpc) is 2.68. The number of hydrogen-bond donors (Lipinski definition) is 2. The molecule has 1 aromatic carbocycles. The van der Waals surface area contributed by atoms with Crippen molar-refractivity contribution < 1.29 is 32.3 Å². The minimum absolute atomic E-state index is 0.0116. The molecule has 7 nitrogen and oxygen atoms in total. The monoisotopic (exact) mass is 493 g/mol. The van der Waals surface area contributed by atoms with Crippen LogP contribution in [0.4, 0.5) is 23.7 Å². The lowest BCUT2D eigenvalue weighted by Crippen LogP contribution is -2.38. The third-order valence-electron chi connectivity index (χ3n) is 4.24. The number of alkyl halides is 4. The summed E-state index contributed by atoms with van der Waals surface area (Å²) in [5.74, 6) is -1.56. The molecule has 0 saturated carbocycles. The van der Waals surface area contributed by atoms with Crippen LogP contribution in [-0.4, -0.2) is 49.0 Å². The van der Waals surface area contributed by atoms with Crippen molar-refractivity contribution in [1.29, 1.82) is 0 Å². The van der Waals surface area contributed by atoms with E-state index in [2.05, 4.69) is 10.6 Å². The van der Waals surface area contributed by atoms with Crippen LogP contribution >= 0.6 is 11.6 Å². The van der Waals surface area contributed by atoms with Crippen LogP contribution < -0.4 is 15.5 Å². The first-order valence-corrected chi connectivity index (χ1v) is 11.0. The summed E-state index contributed by atoms with van der Waals surface area (Å²) in [7, 11) is 0. The SMILES string of the molecule is CC(C)CCN(C(=O)CCl)c1cc(C(=O)NCCNC(=O)OC(C)(C)C)cc(C(F)(F)F)c1. The normalized spacial score (nSPS) is 11.8. The van der Waals surface area contributed by atoms with E-state index in [1.54, 1.807) is 20.8 Å². The highest BCUT2D eigenvalue weighted by Gasteiger charge is 2.33. The van der Waals surface area contributed by atoms with Gasteiger partial charge in [-0.25, -0.2) is 4.79 Å². The molecule has 0 radical (unpaired) electrons. The van der Waals surface area contributed by atoms with Gasteiger partial charge in [0.15, 0.2) is 0 Å². The average molecular weight is 494 g/mol. The van der Waals surface area contributed by atoms with Gasteiger partial charge in [-0.05, 0) is 51.3 Å². The number of alkyl carbamates (subject to hydrolysis) is 1. The Hall–Kier alpha value is -2.49. The zero-order valence-corrected chi connectivity index (χ0v) is 20.2. The van der Waals surface area contributed by atoms with E-state index in [9.17, 15) is 27.6 Å². The van der Waals surface area contributed by atoms with Gasteiger partial charge in [-0.2, -0.15) is 13.2 Å². The molecule has 11 heteroatoms. The minimum Gasteiger partial charge on any atom is -0.444 e. The Kier molecular flexibility index (Phi) is 10.5. The van der Waals surface area contributed by atoms with Crippen LogP contribution in [0.1, 0.15) is 57.0 Å². The van der Waals surface area contributed by atoms with Gasteiger partial charge in [0.2, 0.25) is 5.91 Å². The fourth-order valence-electron chi connectivity index (χ4n) is 2.68. The number of benzene rings is 1. The molecule has 0 bridgehead atoms. The quantitative estimate of drug-likeness (QED) is 0.389. The Morgan fingerprint density at radius 3 is 2.18 bits per heavy atom. The van der Waals surface area contributed by atoms with Crippen LogP contribution in [0.15, 0.2) is 18.2 Å². The molecule has 1 aromatic rings. The molecular weight excluding hydrogens is 463 g/mol. The van der Waals surface area contributed by atoms with Gasteiger partial charge in [0.1, 0.15) is 11.5 Å². The summed E-state index contributed by atoms with van der Waals surface area (Å²) in [4.78, 5) is 37.6. The lowest BCUT2D eigenvalue weighted by Gasteiger charge is -2.24. The molecule has 0 spiro atoms. The van der Waals surface area contributed by atoms with Crippen molar-refractivity contribution >= 4 is 35.2 Å². The molecule has 0 unspecified atom stereocenters. The second-order valence-corrected chi connectivity index (χ2v) is 9.08. The van der Waals surface area contributed by atoms with Crippen molar-refractivity contribution in [1.82, 2.24) is 10.6 Å².